The molecule has 0 amide bonds. The maximum absolute atomic E-state index is 5.96. The molecule has 2 unspecified atom stereocenters. The Morgan fingerprint density at radius 1 is 1.27 bits per heavy atom. The Morgan fingerprint density at radius 2 is 2.00 bits per heavy atom. The second kappa shape index (κ2) is 4.75. The molecule has 4 N–H and O–H groups in total. The predicted molar refractivity (Wildman–Crippen MR) is 60.5 cm³/mol. The normalized spacial score (nSPS) is 25.7. The molecule has 1 aliphatic rings. The highest BCUT2D eigenvalue weighted by molar-refractivity contribution is 5.26. The summed E-state index contributed by atoms with van der Waals surface area (Å²) in [6, 6.07) is 8.56. The van der Waals surface area contributed by atoms with Crippen LogP contribution in [-0.4, -0.2) is 19.2 Å². The van der Waals surface area contributed by atoms with E-state index in [0.29, 0.717) is 6.54 Å². The minimum absolute atomic E-state index is 0.0805. The van der Waals surface area contributed by atoms with Crippen LogP contribution in [0.1, 0.15) is 23.7 Å². The van der Waals surface area contributed by atoms with Crippen LogP contribution < -0.4 is 11.5 Å². The molecule has 1 aliphatic heterocycles. The highest BCUT2D eigenvalue weighted by Crippen LogP contribution is 2.27. The summed E-state index contributed by atoms with van der Waals surface area (Å²) in [5.74, 6) is 0. The Bertz CT molecular complexity index is 310. The van der Waals surface area contributed by atoms with Crippen LogP contribution in [0.3, 0.4) is 0 Å². The molecule has 0 spiro atoms. The number of hydrogen-bond acceptors (Lipinski definition) is 3. The van der Waals surface area contributed by atoms with Crippen molar-refractivity contribution >= 4 is 0 Å². The molecular weight excluding hydrogens is 188 g/mol. The molecule has 1 aromatic carbocycles. The molecule has 0 aromatic heterocycles. The Hall–Kier alpha value is -0.900. The molecule has 1 fully saturated rings. The van der Waals surface area contributed by atoms with E-state index in [2.05, 4.69) is 24.3 Å². The molecule has 0 bridgehead atoms. The third kappa shape index (κ3) is 2.37. The average molecular weight is 206 g/mol. The fourth-order valence-corrected chi connectivity index (χ4v) is 1.99. The monoisotopic (exact) mass is 206 g/mol. The zero-order chi connectivity index (χ0) is 10.7. The van der Waals surface area contributed by atoms with E-state index in [1.54, 1.807) is 0 Å². The molecule has 0 radical (unpaired) electrons. The van der Waals surface area contributed by atoms with E-state index >= 15 is 0 Å². The van der Waals surface area contributed by atoms with Gasteiger partial charge in [-0.3, -0.25) is 0 Å². The second-order valence-electron chi connectivity index (χ2n) is 4.02. The van der Waals surface area contributed by atoms with Crippen molar-refractivity contribution in [2.24, 2.45) is 11.5 Å². The topological polar surface area (TPSA) is 61.3 Å². The maximum Gasteiger partial charge on any atom is 0.0976 e. The van der Waals surface area contributed by atoms with Gasteiger partial charge < -0.3 is 16.2 Å². The number of benzene rings is 1. The lowest BCUT2D eigenvalue weighted by Crippen LogP contribution is -2.23. The van der Waals surface area contributed by atoms with Gasteiger partial charge in [0.05, 0.1) is 6.10 Å². The average Bonchev–Trinajstić information content (AvgIpc) is 2.66. The van der Waals surface area contributed by atoms with Gasteiger partial charge in [-0.1, -0.05) is 24.3 Å². The molecule has 1 saturated heterocycles. The molecule has 0 saturated carbocycles. The van der Waals surface area contributed by atoms with E-state index in [9.17, 15) is 0 Å². The molecule has 2 atom stereocenters. The summed E-state index contributed by atoms with van der Waals surface area (Å²) in [4.78, 5) is 0. The summed E-state index contributed by atoms with van der Waals surface area (Å²) in [5.41, 5.74) is 13.9. The van der Waals surface area contributed by atoms with E-state index in [4.69, 9.17) is 16.2 Å². The van der Waals surface area contributed by atoms with E-state index in [-0.39, 0.29) is 12.1 Å². The third-order valence-electron chi connectivity index (χ3n) is 2.88. The summed E-state index contributed by atoms with van der Waals surface area (Å²) in [6.45, 7) is 1.47. The van der Waals surface area contributed by atoms with Crippen LogP contribution in [0.2, 0.25) is 0 Å². The van der Waals surface area contributed by atoms with Gasteiger partial charge in [0.25, 0.3) is 0 Å². The van der Waals surface area contributed by atoms with Gasteiger partial charge >= 0.3 is 0 Å². The fourth-order valence-electron chi connectivity index (χ4n) is 1.99. The van der Waals surface area contributed by atoms with E-state index in [1.165, 1.54) is 11.1 Å². The SMILES string of the molecule is NCCc1ccc(C2OCCC2N)cc1. The first-order valence-corrected chi connectivity index (χ1v) is 5.47. The number of nitrogens with two attached hydrogens (primary N) is 2. The molecule has 15 heavy (non-hydrogen) atoms. The summed E-state index contributed by atoms with van der Waals surface area (Å²) in [5, 5.41) is 0. The highest BCUT2D eigenvalue weighted by atomic mass is 16.5. The zero-order valence-electron chi connectivity index (χ0n) is 8.86. The van der Waals surface area contributed by atoms with Crippen LogP contribution in [0, 0.1) is 0 Å². The second-order valence-corrected chi connectivity index (χ2v) is 4.02. The van der Waals surface area contributed by atoms with Crippen molar-refractivity contribution in [3.05, 3.63) is 35.4 Å². The smallest absolute Gasteiger partial charge is 0.0976 e. The van der Waals surface area contributed by atoms with Gasteiger partial charge in [-0.2, -0.15) is 0 Å². The molecule has 2 rings (SSSR count). The zero-order valence-corrected chi connectivity index (χ0v) is 8.86. The van der Waals surface area contributed by atoms with Gasteiger partial charge in [0.2, 0.25) is 0 Å². The number of ether oxygens (including phenoxy) is 1. The van der Waals surface area contributed by atoms with E-state index in [1.807, 2.05) is 0 Å². The lowest BCUT2D eigenvalue weighted by atomic mass is 10.0. The Kier molecular flexibility index (Phi) is 3.36. The van der Waals surface area contributed by atoms with Gasteiger partial charge in [0.15, 0.2) is 0 Å². The van der Waals surface area contributed by atoms with Crippen molar-refractivity contribution in [3.8, 4) is 0 Å². The first-order chi connectivity index (χ1) is 7.31. The first kappa shape index (κ1) is 10.6. The first-order valence-electron chi connectivity index (χ1n) is 5.47. The van der Waals surface area contributed by atoms with Crippen LogP contribution in [0.15, 0.2) is 24.3 Å². The standard InChI is InChI=1S/C12H18N2O/c13-7-5-9-1-3-10(4-2-9)12-11(14)6-8-15-12/h1-4,11-12H,5-8,13-14H2. The van der Waals surface area contributed by atoms with Gasteiger partial charge in [-0.05, 0) is 30.5 Å². The third-order valence-corrected chi connectivity index (χ3v) is 2.88. The Morgan fingerprint density at radius 3 is 2.53 bits per heavy atom. The quantitative estimate of drug-likeness (QED) is 0.775. The van der Waals surface area contributed by atoms with Crippen molar-refractivity contribution in [3.63, 3.8) is 0 Å². The van der Waals surface area contributed by atoms with Crippen LogP contribution in [0.25, 0.3) is 0 Å². The Balaban J connectivity index is 2.09. The molecule has 3 heteroatoms. The molecule has 1 aromatic rings. The van der Waals surface area contributed by atoms with Gasteiger partial charge in [0, 0.05) is 12.6 Å². The maximum atomic E-state index is 5.96. The van der Waals surface area contributed by atoms with E-state index in [0.717, 1.165) is 19.4 Å². The lowest BCUT2D eigenvalue weighted by Gasteiger charge is -2.15. The predicted octanol–water partition coefficient (Wildman–Crippen LogP) is 0.976. The van der Waals surface area contributed by atoms with Crippen LogP contribution in [0.4, 0.5) is 0 Å². The Labute approximate surface area is 90.4 Å². The lowest BCUT2D eigenvalue weighted by molar-refractivity contribution is 0.105. The van der Waals surface area contributed by atoms with Crippen molar-refractivity contribution in [2.75, 3.05) is 13.2 Å². The summed E-state index contributed by atoms with van der Waals surface area (Å²) < 4.78 is 5.60. The molecular formula is C12H18N2O. The molecule has 82 valence electrons. The number of rotatable bonds is 3. The summed E-state index contributed by atoms with van der Waals surface area (Å²) in [6.07, 6.45) is 1.96. The van der Waals surface area contributed by atoms with Crippen LogP contribution >= 0.6 is 0 Å². The minimum atomic E-state index is 0.0805. The molecule has 0 aliphatic carbocycles. The van der Waals surface area contributed by atoms with E-state index < -0.39 is 0 Å². The highest BCUT2D eigenvalue weighted by Gasteiger charge is 2.25. The molecule has 1 heterocycles. The van der Waals surface area contributed by atoms with Crippen LogP contribution in [0.5, 0.6) is 0 Å². The van der Waals surface area contributed by atoms with Gasteiger partial charge in [0.1, 0.15) is 0 Å². The number of hydrogen-bond donors (Lipinski definition) is 2. The fraction of sp³-hybridized carbons (Fsp3) is 0.500. The summed E-state index contributed by atoms with van der Waals surface area (Å²) >= 11 is 0. The van der Waals surface area contributed by atoms with Crippen molar-refractivity contribution < 1.29 is 4.74 Å². The van der Waals surface area contributed by atoms with Crippen molar-refractivity contribution in [2.45, 2.75) is 25.0 Å². The summed E-state index contributed by atoms with van der Waals surface area (Å²) in [7, 11) is 0. The minimum Gasteiger partial charge on any atom is -0.372 e. The van der Waals surface area contributed by atoms with Crippen molar-refractivity contribution in [1.82, 2.24) is 0 Å². The van der Waals surface area contributed by atoms with Crippen molar-refractivity contribution in [1.29, 1.82) is 0 Å². The van der Waals surface area contributed by atoms with Crippen LogP contribution in [-0.2, 0) is 11.2 Å². The molecule has 3 nitrogen and oxygen atoms in total. The largest absolute Gasteiger partial charge is 0.372 e. The van der Waals surface area contributed by atoms with Gasteiger partial charge in [-0.15, -0.1) is 0 Å². The van der Waals surface area contributed by atoms with Gasteiger partial charge in [-0.25, -0.2) is 0 Å².